The number of aromatic nitrogens is 2. The largest absolute Gasteiger partial charge is 0.352 e. The summed E-state index contributed by atoms with van der Waals surface area (Å²) in [7, 11) is 1.92. The molecule has 1 aromatic rings. The lowest BCUT2D eigenvalue weighted by atomic mass is 10.0. The van der Waals surface area contributed by atoms with Crippen molar-refractivity contribution in [2.24, 2.45) is 13.0 Å². The molecule has 1 aliphatic rings. The van der Waals surface area contributed by atoms with Crippen molar-refractivity contribution in [2.75, 3.05) is 13.1 Å². The Morgan fingerprint density at radius 3 is 2.59 bits per heavy atom. The van der Waals surface area contributed by atoms with Gasteiger partial charge in [0.25, 0.3) is 0 Å². The van der Waals surface area contributed by atoms with E-state index in [1.165, 1.54) is 0 Å². The summed E-state index contributed by atoms with van der Waals surface area (Å²) in [5, 5.41) is 10.4. The summed E-state index contributed by atoms with van der Waals surface area (Å²) in [4.78, 5) is 11.6. The molecule has 0 spiro atoms. The minimum Gasteiger partial charge on any atom is -0.352 e. The molecule has 1 amide bonds. The maximum atomic E-state index is 11.6. The van der Waals surface area contributed by atoms with Crippen molar-refractivity contribution >= 4 is 18.3 Å². The average molecular weight is 259 g/mol. The zero-order valence-electron chi connectivity index (χ0n) is 10.4. The lowest BCUT2D eigenvalue weighted by Gasteiger charge is -2.25. The van der Waals surface area contributed by atoms with Crippen molar-refractivity contribution in [3.05, 3.63) is 17.0 Å². The molecule has 0 saturated carbocycles. The van der Waals surface area contributed by atoms with Crippen LogP contribution in [0, 0.1) is 19.8 Å². The van der Waals surface area contributed by atoms with Crippen molar-refractivity contribution in [3.63, 3.8) is 0 Å². The molecule has 2 heterocycles. The lowest BCUT2D eigenvalue weighted by molar-refractivity contribution is -0.126. The van der Waals surface area contributed by atoms with Gasteiger partial charge in [-0.3, -0.25) is 9.48 Å². The van der Waals surface area contributed by atoms with Crippen molar-refractivity contribution in [3.8, 4) is 0 Å². The number of aryl methyl sites for hydroxylation is 2. The van der Waals surface area contributed by atoms with E-state index in [2.05, 4.69) is 15.7 Å². The first kappa shape index (κ1) is 14.0. The van der Waals surface area contributed by atoms with E-state index in [0.717, 1.165) is 30.0 Å². The van der Waals surface area contributed by atoms with E-state index in [0.29, 0.717) is 6.54 Å². The summed E-state index contributed by atoms with van der Waals surface area (Å²) in [6.07, 6.45) is 0. The third kappa shape index (κ3) is 2.79. The summed E-state index contributed by atoms with van der Waals surface area (Å²) in [5.41, 5.74) is 3.24. The van der Waals surface area contributed by atoms with Gasteiger partial charge in [0, 0.05) is 37.9 Å². The normalized spacial score (nSPS) is 15.0. The predicted octanol–water partition coefficient (Wildman–Crippen LogP) is 0.294. The molecule has 0 radical (unpaired) electrons. The standard InChI is InChI=1S/C11H18N4O.ClH/c1-7-10(8(2)15(3)14-7)6-13-11(16)9-4-12-5-9;/h9,12H,4-6H2,1-3H3,(H,13,16);1H. The number of hydrogen-bond donors (Lipinski definition) is 2. The second-order valence-corrected chi connectivity index (χ2v) is 4.35. The SMILES string of the molecule is Cc1nn(C)c(C)c1CNC(=O)C1CNC1.Cl. The van der Waals surface area contributed by atoms with Gasteiger partial charge in [-0.15, -0.1) is 12.4 Å². The Hall–Kier alpha value is -1.07. The Kier molecular flexibility index (Phi) is 4.54. The van der Waals surface area contributed by atoms with Gasteiger partial charge in [0.05, 0.1) is 11.6 Å². The zero-order valence-corrected chi connectivity index (χ0v) is 11.2. The molecular weight excluding hydrogens is 240 g/mol. The van der Waals surface area contributed by atoms with Crippen LogP contribution in [0.25, 0.3) is 0 Å². The van der Waals surface area contributed by atoms with Crippen LogP contribution in [0.3, 0.4) is 0 Å². The Morgan fingerprint density at radius 2 is 2.18 bits per heavy atom. The van der Waals surface area contributed by atoms with Crippen LogP contribution in [0.15, 0.2) is 0 Å². The zero-order chi connectivity index (χ0) is 11.7. The molecule has 1 aliphatic heterocycles. The molecule has 5 nitrogen and oxygen atoms in total. The summed E-state index contributed by atoms with van der Waals surface area (Å²) in [5.74, 6) is 0.290. The van der Waals surface area contributed by atoms with Crippen molar-refractivity contribution in [2.45, 2.75) is 20.4 Å². The number of carbonyl (C=O) groups is 1. The first-order valence-electron chi connectivity index (χ1n) is 5.57. The minimum absolute atomic E-state index is 0. The molecule has 6 heteroatoms. The molecule has 96 valence electrons. The van der Waals surface area contributed by atoms with Gasteiger partial charge in [0.15, 0.2) is 0 Å². The van der Waals surface area contributed by atoms with E-state index in [9.17, 15) is 4.79 Å². The number of nitrogens with zero attached hydrogens (tertiary/aromatic N) is 2. The molecule has 0 atom stereocenters. The van der Waals surface area contributed by atoms with E-state index >= 15 is 0 Å². The van der Waals surface area contributed by atoms with E-state index in [4.69, 9.17) is 0 Å². The molecule has 0 unspecified atom stereocenters. The topological polar surface area (TPSA) is 59.0 Å². The maximum Gasteiger partial charge on any atom is 0.225 e. The van der Waals surface area contributed by atoms with Crippen LogP contribution in [0.4, 0.5) is 0 Å². The number of carbonyl (C=O) groups excluding carboxylic acids is 1. The van der Waals surface area contributed by atoms with Crippen LogP contribution in [-0.2, 0) is 18.4 Å². The summed E-state index contributed by atoms with van der Waals surface area (Å²) in [6.45, 7) is 6.18. The molecule has 1 aromatic heterocycles. The summed E-state index contributed by atoms with van der Waals surface area (Å²) < 4.78 is 1.85. The van der Waals surface area contributed by atoms with Gasteiger partial charge in [0.1, 0.15) is 0 Å². The Balaban J connectivity index is 0.00000144. The van der Waals surface area contributed by atoms with Gasteiger partial charge in [-0.2, -0.15) is 5.10 Å². The Labute approximate surface area is 107 Å². The minimum atomic E-state index is 0. The van der Waals surface area contributed by atoms with Crippen LogP contribution in [-0.4, -0.2) is 28.8 Å². The van der Waals surface area contributed by atoms with E-state index in [-0.39, 0.29) is 24.2 Å². The third-order valence-electron chi connectivity index (χ3n) is 3.25. The molecule has 0 aliphatic carbocycles. The fraction of sp³-hybridized carbons (Fsp3) is 0.636. The quantitative estimate of drug-likeness (QED) is 0.820. The lowest BCUT2D eigenvalue weighted by Crippen LogP contribution is -2.50. The van der Waals surface area contributed by atoms with Gasteiger partial charge < -0.3 is 10.6 Å². The average Bonchev–Trinajstić information content (AvgIpc) is 2.36. The van der Waals surface area contributed by atoms with Crippen LogP contribution >= 0.6 is 12.4 Å². The fourth-order valence-corrected chi connectivity index (χ4v) is 1.87. The van der Waals surface area contributed by atoms with Crippen LogP contribution in [0.2, 0.25) is 0 Å². The molecule has 0 aromatic carbocycles. The number of amides is 1. The molecule has 1 fully saturated rings. The second-order valence-electron chi connectivity index (χ2n) is 4.35. The molecular formula is C11H19ClN4O. The number of halogens is 1. The number of rotatable bonds is 3. The highest BCUT2D eigenvalue weighted by atomic mass is 35.5. The molecule has 2 N–H and O–H groups in total. The van der Waals surface area contributed by atoms with Gasteiger partial charge in [-0.05, 0) is 13.8 Å². The Bertz CT molecular complexity index is 412. The van der Waals surface area contributed by atoms with Gasteiger partial charge in [-0.25, -0.2) is 0 Å². The number of nitrogens with one attached hydrogen (secondary N) is 2. The first-order valence-corrected chi connectivity index (χ1v) is 5.57. The van der Waals surface area contributed by atoms with Gasteiger partial charge in [0.2, 0.25) is 5.91 Å². The monoisotopic (exact) mass is 258 g/mol. The van der Waals surface area contributed by atoms with Crippen molar-refractivity contribution in [1.29, 1.82) is 0 Å². The molecule has 0 bridgehead atoms. The highest BCUT2D eigenvalue weighted by Crippen LogP contribution is 2.12. The fourth-order valence-electron chi connectivity index (χ4n) is 1.87. The smallest absolute Gasteiger partial charge is 0.225 e. The van der Waals surface area contributed by atoms with Crippen molar-refractivity contribution in [1.82, 2.24) is 20.4 Å². The van der Waals surface area contributed by atoms with Gasteiger partial charge >= 0.3 is 0 Å². The third-order valence-corrected chi connectivity index (χ3v) is 3.25. The Morgan fingerprint density at radius 1 is 1.53 bits per heavy atom. The first-order chi connectivity index (χ1) is 7.59. The second kappa shape index (κ2) is 5.51. The summed E-state index contributed by atoms with van der Waals surface area (Å²) in [6, 6.07) is 0. The molecule has 17 heavy (non-hydrogen) atoms. The van der Waals surface area contributed by atoms with Gasteiger partial charge in [-0.1, -0.05) is 0 Å². The summed E-state index contributed by atoms with van der Waals surface area (Å²) >= 11 is 0. The van der Waals surface area contributed by atoms with E-state index in [1.807, 2.05) is 25.6 Å². The molecule has 2 rings (SSSR count). The number of hydrogen-bond acceptors (Lipinski definition) is 3. The van der Waals surface area contributed by atoms with Crippen LogP contribution < -0.4 is 10.6 Å². The predicted molar refractivity (Wildman–Crippen MR) is 68.1 cm³/mol. The highest BCUT2D eigenvalue weighted by molar-refractivity contribution is 5.85. The van der Waals surface area contributed by atoms with Crippen LogP contribution in [0.5, 0.6) is 0 Å². The van der Waals surface area contributed by atoms with Crippen LogP contribution in [0.1, 0.15) is 17.0 Å². The van der Waals surface area contributed by atoms with E-state index in [1.54, 1.807) is 0 Å². The van der Waals surface area contributed by atoms with Crippen molar-refractivity contribution < 1.29 is 4.79 Å². The van der Waals surface area contributed by atoms with E-state index < -0.39 is 0 Å². The molecule has 1 saturated heterocycles. The maximum absolute atomic E-state index is 11.6. The highest BCUT2D eigenvalue weighted by Gasteiger charge is 2.24.